The summed E-state index contributed by atoms with van der Waals surface area (Å²) in [5.41, 5.74) is -0.263. The molecule has 0 bridgehead atoms. The Labute approximate surface area is 115 Å². The zero-order chi connectivity index (χ0) is 13.8. The number of aromatic amines is 1. The van der Waals surface area contributed by atoms with Crippen molar-refractivity contribution in [3.8, 4) is 0 Å². The van der Waals surface area contributed by atoms with Crippen molar-refractivity contribution < 1.29 is 14.3 Å². The number of hydrogen-bond acceptors (Lipinski definition) is 4. The number of halogens is 1. The van der Waals surface area contributed by atoms with Crippen LogP contribution in [0.15, 0.2) is 16.9 Å². The standard InChI is InChI=1S/C13H16ClNO4/c1-18-9-4-2-3-5-10(9)19-13(17)8-6-11(14)15-12(16)7-8/h6-7,9-10H,2-5H2,1H3,(H,15,16)/t9-,10-/m1/s1. The average Bonchev–Trinajstić information content (AvgIpc) is 2.38. The topological polar surface area (TPSA) is 68.4 Å². The Morgan fingerprint density at radius 2 is 2.00 bits per heavy atom. The minimum absolute atomic E-state index is 0.0739. The molecule has 2 atom stereocenters. The Kier molecular flexibility index (Phi) is 4.61. The zero-order valence-electron chi connectivity index (χ0n) is 10.6. The van der Waals surface area contributed by atoms with Gasteiger partial charge in [0.1, 0.15) is 11.3 Å². The molecule has 1 N–H and O–H groups in total. The average molecular weight is 286 g/mol. The van der Waals surface area contributed by atoms with Gasteiger partial charge in [-0.2, -0.15) is 0 Å². The van der Waals surface area contributed by atoms with Crippen molar-refractivity contribution in [3.63, 3.8) is 0 Å². The predicted molar refractivity (Wildman–Crippen MR) is 70.5 cm³/mol. The first-order chi connectivity index (χ1) is 9.10. The van der Waals surface area contributed by atoms with Crippen LogP contribution in [0.1, 0.15) is 36.0 Å². The number of carbonyl (C=O) groups excluding carboxylic acids is 1. The lowest BCUT2D eigenvalue weighted by molar-refractivity contribution is -0.0539. The van der Waals surface area contributed by atoms with Crippen molar-refractivity contribution in [1.82, 2.24) is 4.98 Å². The molecular formula is C13H16ClNO4. The third kappa shape index (κ3) is 3.58. The molecule has 5 nitrogen and oxygen atoms in total. The van der Waals surface area contributed by atoms with E-state index in [1.165, 1.54) is 12.1 Å². The van der Waals surface area contributed by atoms with Gasteiger partial charge in [-0.3, -0.25) is 4.79 Å². The first-order valence-electron chi connectivity index (χ1n) is 6.24. The quantitative estimate of drug-likeness (QED) is 0.682. The van der Waals surface area contributed by atoms with Gasteiger partial charge in [-0.05, 0) is 25.3 Å². The second kappa shape index (κ2) is 6.21. The van der Waals surface area contributed by atoms with Crippen LogP contribution in [0.3, 0.4) is 0 Å². The molecule has 1 aliphatic carbocycles. The molecule has 1 aromatic rings. The summed E-state index contributed by atoms with van der Waals surface area (Å²) in [5.74, 6) is -0.540. The van der Waals surface area contributed by atoms with Crippen molar-refractivity contribution in [2.45, 2.75) is 37.9 Å². The molecule has 1 aromatic heterocycles. The molecule has 0 amide bonds. The van der Waals surface area contributed by atoms with Crippen molar-refractivity contribution in [2.24, 2.45) is 0 Å². The summed E-state index contributed by atoms with van der Waals surface area (Å²) < 4.78 is 10.7. The lowest BCUT2D eigenvalue weighted by atomic mass is 9.94. The summed E-state index contributed by atoms with van der Waals surface area (Å²) in [4.78, 5) is 25.6. The number of H-pyrrole nitrogens is 1. The molecule has 1 aliphatic rings. The van der Waals surface area contributed by atoms with Crippen LogP contribution in [0.2, 0.25) is 5.15 Å². The van der Waals surface area contributed by atoms with Crippen LogP contribution >= 0.6 is 11.6 Å². The number of nitrogens with one attached hydrogen (secondary N) is 1. The van der Waals surface area contributed by atoms with Crippen LogP contribution in [0.25, 0.3) is 0 Å². The van der Waals surface area contributed by atoms with Gasteiger partial charge in [0.2, 0.25) is 5.56 Å². The highest BCUT2D eigenvalue weighted by Crippen LogP contribution is 2.24. The van der Waals surface area contributed by atoms with Crippen LogP contribution in [-0.2, 0) is 9.47 Å². The fourth-order valence-corrected chi connectivity index (χ4v) is 2.51. The predicted octanol–water partition coefficient (Wildman–Crippen LogP) is 2.14. The normalized spacial score (nSPS) is 23.1. The Bertz CT molecular complexity index is 514. The van der Waals surface area contributed by atoms with Crippen LogP contribution < -0.4 is 5.56 Å². The van der Waals surface area contributed by atoms with Crippen molar-refractivity contribution in [2.75, 3.05) is 7.11 Å². The molecule has 1 heterocycles. The van der Waals surface area contributed by atoms with Gasteiger partial charge in [0, 0.05) is 13.2 Å². The highest BCUT2D eigenvalue weighted by molar-refractivity contribution is 6.29. The highest BCUT2D eigenvalue weighted by Gasteiger charge is 2.28. The number of ether oxygens (including phenoxy) is 2. The summed E-state index contributed by atoms with van der Waals surface area (Å²) in [6.45, 7) is 0. The highest BCUT2D eigenvalue weighted by atomic mass is 35.5. The lowest BCUT2D eigenvalue weighted by Gasteiger charge is -2.29. The first kappa shape index (κ1) is 14.1. The van der Waals surface area contributed by atoms with Gasteiger partial charge in [-0.15, -0.1) is 0 Å². The third-order valence-electron chi connectivity index (χ3n) is 3.25. The van der Waals surface area contributed by atoms with Gasteiger partial charge >= 0.3 is 5.97 Å². The van der Waals surface area contributed by atoms with E-state index in [9.17, 15) is 9.59 Å². The van der Waals surface area contributed by atoms with E-state index < -0.39 is 11.5 Å². The van der Waals surface area contributed by atoms with E-state index in [0.29, 0.717) is 0 Å². The Hall–Kier alpha value is -1.33. The molecule has 0 saturated heterocycles. The van der Waals surface area contributed by atoms with Gasteiger partial charge in [-0.1, -0.05) is 18.0 Å². The maximum absolute atomic E-state index is 12.0. The van der Waals surface area contributed by atoms with Crippen LogP contribution in [0.4, 0.5) is 0 Å². The number of rotatable bonds is 3. The van der Waals surface area contributed by atoms with E-state index in [2.05, 4.69) is 4.98 Å². The van der Waals surface area contributed by atoms with Crippen molar-refractivity contribution in [1.29, 1.82) is 0 Å². The number of hydrogen-bond donors (Lipinski definition) is 1. The molecule has 6 heteroatoms. The third-order valence-corrected chi connectivity index (χ3v) is 3.45. The Morgan fingerprint density at radius 3 is 2.63 bits per heavy atom. The molecule has 0 radical (unpaired) electrons. The first-order valence-corrected chi connectivity index (χ1v) is 6.61. The smallest absolute Gasteiger partial charge is 0.338 e. The summed E-state index contributed by atoms with van der Waals surface area (Å²) in [5, 5.41) is 0.117. The molecule has 0 unspecified atom stereocenters. The summed E-state index contributed by atoms with van der Waals surface area (Å²) in [6, 6.07) is 2.56. The molecule has 2 rings (SSSR count). The van der Waals surface area contributed by atoms with Gasteiger partial charge < -0.3 is 14.5 Å². The van der Waals surface area contributed by atoms with E-state index in [1.807, 2.05) is 0 Å². The number of pyridine rings is 1. The van der Waals surface area contributed by atoms with Gasteiger partial charge in [-0.25, -0.2) is 4.79 Å². The molecular weight excluding hydrogens is 270 g/mol. The number of carbonyl (C=O) groups is 1. The van der Waals surface area contributed by atoms with Crippen molar-refractivity contribution >= 4 is 17.6 Å². The lowest BCUT2D eigenvalue weighted by Crippen LogP contribution is -2.35. The maximum atomic E-state index is 12.0. The number of aromatic nitrogens is 1. The molecule has 0 spiro atoms. The van der Waals surface area contributed by atoms with E-state index in [4.69, 9.17) is 21.1 Å². The van der Waals surface area contributed by atoms with E-state index >= 15 is 0 Å². The van der Waals surface area contributed by atoms with Gasteiger partial charge in [0.25, 0.3) is 0 Å². The van der Waals surface area contributed by atoms with Gasteiger partial charge in [0.15, 0.2) is 0 Å². The fourth-order valence-electron chi connectivity index (χ4n) is 2.30. The molecule has 0 aromatic carbocycles. The van der Waals surface area contributed by atoms with Crippen LogP contribution in [0.5, 0.6) is 0 Å². The number of methoxy groups -OCH3 is 1. The van der Waals surface area contributed by atoms with Crippen molar-refractivity contribution in [3.05, 3.63) is 33.2 Å². The minimum atomic E-state index is -0.540. The summed E-state index contributed by atoms with van der Waals surface area (Å²) in [7, 11) is 1.61. The molecule has 19 heavy (non-hydrogen) atoms. The molecule has 1 fully saturated rings. The Morgan fingerprint density at radius 1 is 1.32 bits per heavy atom. The van der Waals surface area contributed by atoms with Crippen LogP contribution in [-0.4, -0.2) is 30.3 Å². The summed E-state index contributed by atoms with van der Waals surface area (Å²) in [6.07, 6.45) is 3.41. The second-order valence-corrected chi connectivity index (χ2v) is 4.99. The molecule has 0 aliphatic heterocycles. The van der Waals surface area contributed by atoms with Gasteiger partial charge in [0.05, 0.1) is 11.7 Å². The minimum Gasteiger partial charge on any atom is -0.456 e. The fraction of sp³-hybridized carbons (Fsp3) is 0.538. The second-order valence-electron chi connectivity index (χ2n) is 4.58. The van der Waals surface area contributed by atoms with E-state index in [1.54, 1.807) is 7.11 Å². The molecule has 1 saturated carbocycles. The van der Waals surface area contributed by atoms with E-state index in [0.717, 1.165) is 25.7 Å². The SMILES string of the molecule is CO[C@@H]1CCCC[C@H]1OC(=O)c1cc(Cl)[nH]c(=O)c1. The molecule has 104 valence electrons. The largest absolute Gasteiger partial charge is 0.456 e. The van der Waals surface area contributed by atoms with E-state index in [-0.39, 0.29) is 22.9 Å². The zero-order valence-corrected chi connectivity index (χ0v) is 11.4. The summed E-state index contributed by atoms with van der Waals surface area (Å²) >= 11 is 5.70. The Balaban J connectivity index is 2.09. The van der Waals surface area contributed by atoms with Crippen LogP contribution in [0, 0.1) is 0 Å². The maximum Gasteiger partial charge on any atom is 0.338 e. The number of esters is 1. The monoisotopic (exact) mass is 285 g/mol.